The molecular weight excluding hydrogens is 348 g/mol. The van der Waals surface area contributed by atoms with Gasteiger partial charge in [-0.05, 0) is 42.6 Å². The molecule has 6 fully saturated rings. The van der Waals surface area contributed by atoms with Gasteiger partial charge in [0.2, 0.25) is 0 Å². The smallest absolute Gasteiger partial charge is 0.185 e. The van der Waals surface area contributed by atoms with E-state index in [9.17, 15) is 25.2 Å². The first-order chi connectivity index (χ1) is 12.4. The number of carbonyl (C=O) groups excluding carboxylic acids is 1. The zero-order valence-electron chi connectivity index (χ0n) is 16.2. The van der Waals surface area contributed by atoms with Crippen LogP contribution < -0.4 is 0 Å². The summed E-state index contributed by atoms with van der Waals surface area (Å²) < 4.78 is 5.77. The molecule has 6 rings (SSSR count). The molecule has 2 spiro atoms. The molecule has 0 aromatic heterocycles. The van der Waals surface area contributed by atoms with Gasteiger partial charge < -0.3 is 25.2 Å². The SMILES string of the molecule is C=C1C(=O)C23C(O)C1CCC2(C)C12C(O)CCC(C)(C)C1CC3(O)OC2O. The fraction of sp³-hybridized carbons (Fsp3) is 0.857. The Bertz CT molecular complexity index is 762. The van der Waals surface area contributed by atoms with Crippen molar-refractivity contribution < 1.29 is 30.0 Å². The van der Waals surface area contributed by atoms with Crippen molar-refractivity contribution in [2.24, 2.45) is 33.5 Å². The van der Waals surface area contributed by atoms with E-state index in [1.165, 1.54) is 0 Å². The maximum Gasteiger partial charge on any atom is 0.185 e. The largest absolute Gasteiger partial charge is 0.392 e. The van der Waals surface area contributed by atoms with Gasteiger partial charge in [0.15, 0.2) is 17.9 Å². The molecular formula is C21H30O6. The Balaban J connectivity index is 1.86. The summed E-state index contributed by atoms with van der Waals surface area (Å²) in [6.45, 7) is 9.98. The number of carbonyl (C=O) groups is 1. The molecule has 2 saturated heterocycles. The molecule has 4 N–H and O–H groups in total. The van der Waals surface area contributed by atoms with Gasteiger partial charge in [-0.25, -0.2) is 0 Å². The molecule has 2 aliphatic heterocycles. The highest BCUT2D eigenvalue weighted by molar-refractivity contribution is 6.05. The molecule has 9 atom stereocenters. The minimum Gasteiger partial charge on any atom is -0.392 e. The molecule has 9 unspecified atom stereocenters. The Kier molecular flexibility index (Phi) is 3.16. The van der Waals surface area contributed by atoms with Gasteiger partial charge in [0.1, 0.15) is 5.41 Å². The van der Waals surface area contributed by atoms with Gasteiger partial charge in [0, 0.05) is 17.8 Å². The van der Waals surface area contributed by atoms with E-state index in [4.69, 9.17) is 4.74 Å². The van der Waals surface area contributed by atoms with Crippen molar-refractivity contribution in [2.45, 2.75) is 77.2 Å². The highest BCUT2D eigenvalue weighted by Crippen LogP contribution is 2.82. The first kappa shape index (κ1) is 18.3. The number of aliphatic hydroxyl groups excluding tert-OH is 3. The summed E-state index contributed by atoms with van der Waals surface area (Å²) in [6.07, 6.45) is -0.948. The summed E-state index contributed by atoms with van der Waals surface area (Å²) >= 11 is 0. The monoisotopic (exact) mass is 378 g/mol. The first-order valence-electron chi connectivity index (χ1n) is 10.1. The second kappa shape index (κ2) is 4.68. The van der Waals surface area contributed by atoms with Gasteiger partial charge in [-0.15, -0.1) is 0 Å². The number of ether oxygens (including phenoxy) is 1. The van der Waals surface area contributed by atoms with Crippen LogP contribution in [-0.2, 0) is 9.53 Å². The van der Waals surface area contributed by atoms with Crippen LogP contribution in [0.15, 0.2) is 12.2 Å². The average Bonchev–Trinajstić information content (AvgIpc) is 2.69. The lowest BCUT2D eigenvalue weighted by Gasteiger charge is -2.78. The molecule has 6 aliphatic rings. The summed E-state index contributed by atoms with van der Waals surface area (Å²) in [6, 6.07) is 0. The van der Waals surface area contributed by atoms with Crippen molar-refractivity contribution in [1.82, 2.24) is 0 Å². The molecule has 0 aromatic rings. The van der Waals surface area contributed by atoms with Crippen molar-refractivity contribution in [3.8, 4) is 0 Å². The van der Waals surface area contributed by atoms with Crippen LogP contribution in [0.25, 0.3) is 0 Å². The fourth-order valence-electron chi connectivity index (χ4n) is 8.46. The molecule has 0 amide bonds. The van der Waals surface area contributed by atoms with E-state index in [1.54, 1.807) is 0 Å². The summed E-state index contributed by atoms with van der Waals surface area (Å²) in [5, 5.41) is 45.5. The van der Waals surface area contributed by atoms with Crippen LogP contribution in [0.1, 0.15) is 52.9 Å². The molecule has 0 radical (unpaired) electrons. The minimum absolute atomic E-state index is 0.118. The second-order valence-electron chi connectivity index (χ2n) is 10.6. The van der Waals surface area contributed by atoms with Crippen molar-refractivity contribution in [3.05, 3.63) is 12.2 Å². The predicted octanol–water partition coefficient (Wildman–Crippen LogP) is 1.11. The van der Waals surface area contributed by atoms with E-state index >= 15 is 0 Å². The molecule has 4 saturated carbocycles. The zero-order chi connectivity index (χ0) is 19.8. The lowest BCUT2D eigenvalue weighted by atomic mass is 9.30. The number of hydrogen-bond acceptors (Lipinski definition) is 6. The van der Waals surface area contributed by atoms with Gasteiger partial charge in [0.25, 0.3) is 0 Å². The molecule has 6 nitrogen and oxygen atoms in total. The molecule has 2 heterocycles. The fourth-order valence-corrected chi connectivity index (χ4v) is 8.46. The lowest BCUT2D eigenvalue weighted by Crippen LogP contribution is -2.86. The summed E-state index contributed by atoms with van der Waals surface area (Å²) in [4.78, 5) is 13.5. The van der Waals surface area contributed by atoms with E-state index in [0.717, 1.165) is 6.42 Å². The predicted molar refractivity (Wildman–Crippen MR) is 95.0 cm³/mol. The number of fused-ring (bicyclic) bond motifs is 2. The van der Waals surface area contributed by atoms with Crippen LogP contribution in [0.4, 0.5) is 0 Å². The molecule has 4 bridgehead atoms. The van der Waals surface area contributed by atoms with Crippen molar-refractivity contribution in [3.63, 3.8) is 0 Å². The topological polar surface area (TPSA) is 107 Å². The van der Waals surface area contributed by atoms with Crippen LogP contribution in [0.2, 0.25) is 0 Å². The van der Waals surface area contributed by atoms with Gasteiger partial charge in [-0.3, -0.25) is 4.79 Å². The maximum absolute atomic E-state index is 13.5. The first-order valence-corrected chi connectivity index (χ1v) is 10.1. The maximum atomic E-state index is 13.5. The van der Waals surface area contributed by atoms with Gasteiger partial charge in [0.05, 0.1) is 17.6 Å². The second-order valence-corrected chi connectivity index (χ2v) is 10.6. The number of Topliss-reactive ketones (excluding diaryl/α,β-unsaturated/α-hetero) is 1. The van der Waals surface area contributed by atoms with Gasteiger partial charge in [-0.1, -0.05) is 27.4 Å². The minimum atomic E-state index is -1.98. The van der Waals surface area contributed by atoms with Crippen molar-refractivity contribution in [1.29, 1.82) is 0 Å². The summed E-state index contributed by atoms with van der Waals surface area (Å²) in [7, 11) is 0. The zero-order valence-corrected chi connectivity index (χ0v) is 16.2. The third-order valence-electron chi connectivity index (χ3n) is 9.65. The van der Waals surface area contributed by atoms with Crippen molar-refractivity contribution >= 4 is 5.78 Å². The standard InChI is InChI=1S/C21H30O6/c1-10-11-5-8-18(4)20-12(17(2,3)7-6-13(20)22)9-19(26,27-16(20)25)21(18,14(10)23)15(11)24/h11-13,15-16,22,24-26H,1,5-9H2,2-4H3. The van der Waals surface area contributed by atoms with E-state index in [1.807, 2.05) is 6.92 Å². The van der Waals surface area contributed by atoms with E-state index in [0.29, 0.717) is 24.8 Å². The van der Waals surface area contributed by atoms with Gasteiger partial charge in [-0.2, -0.15) is 0 Å². The quantitative estimate of drug-likeness (QED) is 0.471. The van der Waals surface area contributed by atoms with Gasteiger partial charge >= 0.3 is 0 Å². The summed E-state index contributed by atoms with van der Waals surface area (Å²) in [5.41, 5.74) is -3.62. The molecule has 150 valence electrons. The van der Waals surface area contributed by atoms with E-state index in [2.05, 4.69) is 20.4 Å². The lowest BCUT2D eigenvalue weighted by molar-refractivity contribution is -0.503. The third-order valence-corrected chi connectivity index (χ3v) is 9.65. The molecule has 27 heavy (non-hydrogen) atoms. The Hall–Kier alpha value is -0.790. The Morgan fingerprint density at radius 2 is 1.78 bits per heavy atom. The number of aliphatic hydroxyl groups is 4. The van der Waals surface area contributed by atoms with E-state index < -0.39 is 46.4 Å². The van der Waals surface area contributed by atoms with E-state index in [-0.39, 0.29) is 23.5 Å². The highest BCUT2D eigenvalue weighted by atomic mass is 16.7. The number of ketones is 1. The van der Waals surface area contributed by atoms with Crippen LogP contribution in [0.3, 0.4) is 0 Å². The highest BCUT2D eigenvalue weighted by Gasteiger charge is 2.90. The van der Waals surface area contributed by atoms with Crippen LogP contribution in [0, 0.1) is 33.5 Å². The Morgan fingerprint density at radius 3 is 2.44 bits per heavy atom. The van der Waals surface area contributed by atoms with Crippen molar-refractivity contribution in [2.75, 3.05) is 0 Å². The third kappa shape index (κ3) is 1.47. The average molecular weight is 378 g/mol. The molecule has 6 heteroatoms. The Morgan fingerprint density at radius 1 is 1.11 bits per heavy atom. The normalized spacial score (nSPS) is 60.9. The number of hydrogen-bond donors (Lipinski definition) is 4. The van der Waals surface area contributed by atoms with Crippen LogP contribution in [-0.4, -0.2) is 50.5 Å². The van der Waals surface area contributed by atoms with Crippen LogP contribution in [0.5, 0.6) is 0 Å². The molecule has 4 aliphatic carbocycles. The van der Waals surface area contributed by atoms with Crippen LogP contribution >= 0.6 is 0 Å². The summed E-state index contributed by atoms with van der Waals surface area (Å²) in [5.74, 6) is -2.97. The molecule has 0 aromatic carbocycles. The number of rotatable bonds is 0. The Labute approximate surface area is 159 Å².